The predicted octanol–water partition coefficient (Wildman–Crippen LogP) is 3.66. The Hall–Kier alpha value is -1.30. The monoisotopic (exact) mass is 331 g/mol. The van der Waals surface area contributed by atoms with Crippen molar-refractivity contribution in [3.05, 3.63) is 34.8 Å². The number of phenols is 1. The Morgan fingerprint density at radius 1 is 1.17 bits per heavy atom. The van der Waals surface area contributed by atoms with Gasteiger partial charge in [-0.3, -0.25) is 0 Å². The normalized spacial score (nSPS) is 20.5. The van der Waals surface area contributed by atoms with Crippen molar-refractivity contribution in [2.75, 3.05) is 6.54 Å². The first-order chi connectivity index (χ1) is 10.9. The van der Waals surface area contributed by atoms with E-state index in [-0.39, 0.29) is 5.41 Å². The molecule has 0 radical (unpaired) electrons. The lowest BCUT2D eigenvalue weighted by atomic mass is 9.76. The van der Waals surface area contributed by atoms with E-state index < -0.39 is 18.3 Å². The van der Waals surface area contributed by atoms with Gasteiger partial charge in [0.2, 0.25) is 0 Å². The highest BCUT2D eigenvalue weighted by Gasteiger charge is 2.52. The Bertz CT molecular complexity index is 629. The maximum atomic E-state index is 10.1. The molecule has 2 rings (SSSR count). The van der Waals surface area contributed by atoms with Crippen molar-refractivity contribution in [3.63, 3.8) is 0 Å². The summed E-state index contributed by atoms with van der Waals surface area (Å²) >= 11 is 0. The summed E-state index contributed by atoms with van der Waals surface area (Å²) in [6.07, 6.45) is 2.00. The molecule has 1 saturated heterocycles. The fourth-order valence-electron chi connectivity index (χ4n) is 2.68. The fourth-order valence-corrected chi connectivity index (χ4v) is 2.68. The molecule has 132 valence electrons. The van der Waals surface area contributed by atoms with E-state index in [2.05, 4.69) is 20.8 Å². The Labute approximate surface area is 146 Å². The first kappa shape index (κ1) is 19.0. The summed E-state index contributed by atoms with van der Waals surface area (Å²) in [6, 6.07) is 5.60. The highest BCUT2D eigenvalue weighted by Crippen LogP contribution is 2.39. The van der Waals surface area contributed by atoms with Gasteiger partial charge in [-0.05, 0) is 61.8 Å². The molecule has 1 heterocycles. The van der Waals surface area contributed by atoms with Gasteiger partial charge in [-0.1, -0.05) is 32.9 Å². The zero-order chi connectivity index (χ0) is 18.3. The second-order valence-corrected chi connectivity index (χ2v) is 8.54. The van der Waals surface area contributed by atoms with Crippen molar-refractivity contribution >= 4 is 13.2 Å². The van der Waals surface area contributed by atoms with Crippen molar-refractivity contribution < 1.29 is 14.4 Å². The van der Waals surface area contributed by atoms with E-state index in [0.29, 0.717) is 12.3 Å². The highest BCUT2D eigenvalue weighted by molar-refractivity contribution is 6.55. The summed E-state index contributed by atoms with van der Waals surface area (Å²) < 4.78 is 12.2. The van der Waals surface area contributed by atoms with Gasteiger partial charge < -0.3 is 20.1 Å². The molecule has 3 N–H and O–H groups in total. The Morgan fingerprint density at radius 2 is 1.71 bits per heavy atom. The molecule has 0 atom stereocenters. The Morgan fingerprint density at radius 3 is 2.17 bits per heavy atom. The molecular weight excluding hydrogens is 301 g/mol. The first-order valence-corrected chi connectivity index (χ1v) is 8.47. The molecule has 1 aromatic rings. The molecule has 0 unspecified atom stereocenters. The Balaban J connectivity index is 2.36. The summed E-state index contributed by atoms with van der Waals surface area (Å²) in [5, 5.41) is 10.1. The average molecular weight is 331 g/mol. The molecule has 1 fully saturated rings. The molecule has 1 aliphatic heterocycles. The molecule has 0 bridgehead atoms. The molecule has 0 aromatic heterocycles. The third-order valence-corrected chi connectivity index (χ3v) is 4.97. The summed E-state index contributed by atoms with van der Waals surface area (Å²) in [4.78, 5) is 0. The van der Waals surface area contributed by atoms with Crippen LogP contribution in [0.1, 0.15) is 59.6 Å². The number of phenolic OH excluding ortho intramolecular Hbond substituents is 1. The maximum Gasteiger partial charge on any atom is 0.491 e. The number of rotatable bonds is 3. The van der Waals surface area contributed by atoms with E-state index in [1.807, 2.05) is 45.9 Å². The van der Waals surface area contributed by atoms with Crippen molar-refractivity contribution in [2.45, 2.75) is 65.1 Å². The lowest BCUT2D eigenvalue weighted by Gasteiger charge is -2.32. The zero-order valence-electron chi connectivity index (χ0n) is 15.9. The second-order valence-electron chi connectivity index (χ2n) is 8.54. The smallest absolute Gasteiger partial charge is 0.491 e. The van der Waals surface area contributed by atoms with Gasteiger partial charge in [0.15, 0.2) is 0 Å². The molecule has 0 saturated carbocycles. The summed E-state index contributed by atoms with van der Waals surface area (Å²) in [5.41, 5.74) is 7.80. The van der Waals surface area contributed by atoms with E-state index in [0.717, 1.165) is 16.6 Å². The Kier molecular flexibility index (Phi) is 4.93. The number of benzene rings is 1. The van der Waals surface area contributed by atoms with Crippen LogP contribution in [0.3, 0.4) is 0 Å². The number of nitrogens with two attached hydrogens (primary N) is 1. The van der Waals surface area contributed by atoms with Gasteiger partial charge in [0.05, 0.1) is 11.2 Å². The number of hydrogen-bond acceptors (Lipinski definition) is 4. The molecular formula is C19H30BNO3. The van der Waals surface area contributed by atoms with E-state index in [9.17, 15) is 5.11 Å². The van der Waals surface area contributed by atoms with Crippen LogP contribution in [-0.2, 0) is 14.7 Å². The van der Waals surface area contributed by atoms with Gasteiger partial charge in [0.25, 0.3) is 0 Å². The van der Waals surface area contributed by atoms with Crippen LogP contribution >= 0.6 is 0 Å². The first-order valence-electron chi connectivity index (χ1n) is 8.47. The van der Waals surface area contributed by atoms with E-state index in [1.54, 1.807) is 6.07 Å². The van der Waals surface area contributed by atoms with Crippen LogP contribution in [0, 0.1) is 0 Å². The summed E-state index contributed by atoms with van der Waals surface area (Å²) in [7, 11) is -0.452. The van der Waals surface area contributed by atoms with E-state index in [1.165, 1.54) is 0 Å². The van der Waals surface area contributed by atoms with Gasteiger partial charge in [-0.15, -0.1) is 0 Å². The molecule has 0 spiro atoms. The van der Waals surface area contributed by atoms with Crippen LogP contribution in [-0.4, -0.2) is 30.0 Å². The third kappa shape index (κ3) is 3.69. The lowest BCUT2D eigenvalue weighted by Crippen LogP contribution is -2.41. The van der Waals surface area contributed by atoms with Crippen LogP contribution in [0.15, 0.2) is 23.7 Å². The van der Waals surface area contributed by atoms with Crippen molar-refractivity contribution in [1.29, 1.82) is 0 Å². The van der Waals surface area contributed by atoms with Crippen LogP contribution in [0.2, 0.25) is 0 Å². The standard InChI is InChI=1S/C19H30BNO3/c1-17(2,3)15-11-13(8-9-16(15)22)10-14(12-21)20-23-18(4,5)19(6,7)24-20/h8-11,22H,12,21H2,1-7H3. The molecule has 5 heteroatoms. The minimum absolute atomic E-state index is 0.138. The number of aromatic hydroxyl groups is 1. The minimum Gasteiger partial charge on any atom is -0.508 e. The van der Waals surface area contributed by atoms with Crippen LogP contribution < -0.4 is 5.73 Å². The van der Waals surface area contributed by atoms with E-state index >= 15 is 0 Å². The fraction of sp³-hybridized carbons (Fsp3) is 0.579. The predicted molar refractivity (Wildman–Crippen MR) is 99.9 cm³/mol. The highest BCUT2D eigenvalue weighted by atomic mass is 16.7. The average Bonchev–Trinajstić information content (AvgIpc) is 2.65. The minimum atomic E-state index is -0.452. The van der Waals surface area contributed by atoms with Gasteiger partial charge >= 0.3 is 7.12 Å². The molecule has 1 aromatic carbocycles. The SMILES string of the molecule is CC(C)(C)c1cc(C=C(CN)B2OC(C)(C)C(C)(C)O2)ccc1O. The molecule has 1 aliphatic rings. The van der Waals surface area contributed by atoms with E-state index in [4.69, 9.17) is 15.0 Å². The third-order valence-electron chi connectivity index (χ3n) is 4.97. The second kappa shape index (κ2) is 6.21. The largest absolute Gasteiger partial charge is 0.508 e. The molecule has 0 amide bonds. The molecule has 0 aliphatic carbocycles. The van der Waals surface area contributed by atoms with Crippen molar-refractivity contribution in [3.8, 4) is 5.75 Å². The quantitative estimate of drug-likeness (QED) is 0.830. The van der Waals surface area contributed by atoms with Crippen LogP contribution in [0.5, 0.6) is 5.75 Å². The van der Waals surface area contributed by atoms with Crippen LogP contribution in [0.4, 0.5) is 0 Å². The summed E-state index contributed by atoms with van der Waals surface area (Å²) in [5.74, 6) is 0.310. The zero-order valence-corrected chi connectivity index (χ0v) is 15.9. The van der Waals surface area contributed by atoms with Gasteiger partial charge in [0, 0.05) is 6.54 Å². The number of hydrogen-bond donors (Lipinski definition) is 2. The lowest BCUT2D eigenvalue weighted by molar-refractivity contribution is 0.00578. The topological polar surface area (TPSA) is 64.7 Å². The summed E-state index contributed by atoms with van der Waals surface area (Å²) in [6.45, 7) is 14.7. The van der Waals surface area contributed by atoms with Crippen molar-refractivity contribution in [2.24, 2.45) is 5.73 Å². The van der Waals surface area contributed by atoms with Crippen molar-refractivity contribution in [1.82, 2.24) is 0 Å². The van der Waals surface area contributed by atoms with Crippen LogP contribution in [0.25, 0.3) is 6.08 Å². The van der Waals surface area contributed by atoms with Gasteiger partial charge in [0.1, 0.15) is 5.75 Å². The molecule has 4 nitrogen and oxygen atoms in total. The van der Waals surface area contributed by atoms with Gasteiger partial charge in [-0.25, -0.2) is 0 Å². The molecule has 24 heavy (non-hydrogen) atoms. The maximum absolute atomic E-state index is 10.1. The van der Waals surface area contributed by atoms with Gasteiger partial charge in [-0.2, -0.15) is 0 Å².